The van der Waals surface area contributed by atoms with Gasteiger partial charge in [0.15, 0.2) is 0 Å². The van der Waals surface area contributed by atoms with Crippen molar-refractivity contribution in [2.24, 2.45) is 0 Å². The summed E-state index contributed by atoms with van der Waals surface area (Å²) in [6.45, 7) is 0. The smallest absolute Gasteiger partial charge is 0.336 e. The lowest BCUT2D eigenvalue weighted by molar-refractivity contribution is 0.0696. The molecule has 5 rings (SSSR count). The molecule has 5 nitrogen and oxygen atoms in total. The van der Waals surface area contributed by atoms with Gasteiger partial charge in [-0.1, -0.05) is 36.4 Å². The number of aromatic carboxylic acids is 1. The number of aromatic amines is 1. The second kappa shape index (κ2) is 7.48. The Bertz CT molecular complexity index is 1380. The average molecular weight is 449 g/mol. The van der Waals surface area contributed by atoms with Crippen LogP contribution >= 0.6 is 15.9 Å². The second-order valence-corrected chi connectivity index (χ2v) is 7.46. The highest BCUT2D eigenvalue weighted by Gasteiger charge is 2.08. The summed E-state index contributed by atoms with van der Waals surface area (Å²) in [5, 5.41) is 22.9. The summed E-state index contributed by atoms with van der Waals surface area (Å²) in [5.41, 5.74) is 8.23. The van der Waals surface area contributed by atoms with E-state index in [4.69, 9.17) is 10.8 Å². The quantitative estimate of drug-likeness (QED) is 0.239. The minimum atomic E-state index is -0.982. The van der Waals surface area contributed by atoms with Crippen molar-refractivity contribution in [3.63, 3.8) is 0 Å². The Labute approximate surface area is 174 Å². The van der Waals surface area contributed by atoms with Gasteiger partial charge in [0.05, 0.1) is 11.1 Å². The summed E-state index contributed by atoms with van der Waals surface area (Å²) in [4.78, 5) is 13.9. The standard InChI is InChI=1S/C16H11NO.C7H6BrNO2/c18-11-7-5-10-6-8-13-12-3-1-2-4-15(12)17-16(13)14(10)9-11;8-6-2-1-4(9)3-5(6)7(10)11/h1-9,17-18H;1-3H,9H2,(H,10,11). The number of hydrogen-bond donors (Lipinski definition) is 4. The number of nitrogens with two attached hydrogens (primary N) is 1. The Balaban J connectivity index is 0.000000161. The van der Waals surface area contributed by atoms with E-state index in [1.807, 2.05) is 24.3 Å². The van der Waals surface area contributed by atoms with Gasteiger partial charge in [-0.3, -0.25) is 0 Å². The van der Waals surface area contributed by atoms with E-state index in [2.05, 4.69) is 45.2 Å². The number of halogens is 1. The average Bonchev–Trinajstić information content (AvgIpc) is 3.09. The van der Waals surface area contributed by atoms with Gasteiger partial charge in [-0.25, -0.2) is 4.79 Å². The Morgan fingerprint density at radius 1 is 0.897 bits per heavy atom. The molecule has 0 radical (unpaired) electrons. The molecule has 0 aliphatic heterocycles. The third-order valence-corrected chi connectivity index (χ3v) is 5.39. The molecule has 0 spiro atoms. The van der Waals surface area contributed by atoms with Gasteiger partial charge in [-0.05, 0) is 57.7 Å². The first-order valence-electron chi connectivity index (χ1n) is 8.84. The van der Waals surface area contributed by atoms with Gasteiger partial charge in [0.25, 0.3) is 0 Å². The van der Waals surface area contributed by atoms with Crippen molar-refractivity contribution in [3.8, 4) is 5.75 Å². The van der Waals surface area contributed by atoms with E-state index in [-0.39, 0.29) is 5.56 Å². The molecule has 1 heterocycles. The van der Waals surface area contributed by atoms with Crippen LogP contribution in [0.15, 0.2) is 77.3 Å². The number of H-pyrrole nitrogens is 1. The summed E-state index contributed by atoms with van der Waals surface area (Å²) >= 11 is 3.09. The van der Waals surface area contributed by atoms with Crippen LogP contribution in [0.5, 0.6) is 5.75 Å². The van der Waals surface area contributed by atoms with Crippen molar-refractivity contribution in [1.82, 2.24) is 4.98 Å². The van der Waals surface area contributed by atoms with Crippen LogP contribution in [0.2, 0.25) is 0 Å². The maximum absolute atomic E-state index is 10.5. The highest BCUT2D eigenvalue weighted by molar-refractivity contribution is 9.10. The fraction of sp³-hybridized carbons (Fsp3) is 0. The van der Waals surface area contributed by atoms with E-state index in [0.29, 0.717) is 15.9 Å². The fourth-order valence-corrected chi connectivity index (χ4v) is 3.75. The normalized spacial score (nSPS) is 10.8. The molecule has 0 amide bonds. The van der Waals surface area contributed by atoms with Crippen molar-refractivity contribution in [2.45, 2.75) is 0 Å². The van der Waals surface area contributed by atoms with Crippen molar-refractivity contribution >= 4 is 60.2 Å². The van der Waals surface area contributed by atoms with Crippen molar-refractivity contribution in [1.29, 1.82) is 0 Å². The molecule has 5 N–H and O–H groups in total. The molecule has 144 valence electrons. The van der Waals surface area contributed by atoms with E-state index in [1.54, 1.807) is 18.2 Å². The Kier molecular flexibility index (Phi) is 4.86. The van der Waals surface area contributed by atoms with Crippen LogP contribution < -0.4 is 5.73 Å². The topological polar surface area (TPSA) is 99.3 Å². The summed E-state index contributed by atoms with van der Waals surface area (Å²) in [6.07, 6.45) is 0. The zero-order valence-corrected chi connectivity index (χ0v) is 16.8. The molecule has 0 saturated carbocycles. The van der Waals surface area contributed by atoms with Gasteiger partial charge >= 0.3 is 5.97 Å². The number of para-hydroxylation sites is 1. The number of carbonyl (C=O) groups is 1. The molecule has 0 bridgehead atoms. The number of aromatic nitrogens is 1. The van der Waals surface area contributed by atoms with Gasteiger partial charge in [0, 0.05) is 31.8 Å². The van der Waals surface area contributed by atoms with E-state index in [0.717, 1.165) is 21.8 Å². The molecule has 29 heavy (non-hydrogen) atoms. The molecule has 0 saturated heterocycles. The van der Waals surface area contributed by atoms with Gasteiger partial charge in [-0.2, -0.15) is 0 Å². The van der Waals surface area contributed by atoms with Crippen LogP contribution in [-0.4, -0.2) is 21.2 Å². The second-order valence-electron chi connectivity index (χ2n) is 6.61. The predicted molar refractivity (Wildman–Crippen MR) is 120 cm³/mol. The lowest BCUT2D eigenvalue weighted by Gasteiger charge is -2.00. The third-order valence-electron chi connectivity index (χ3n) is 4.70. The lowest BCUT2D eigenvalue weighted by atomic mass is 10.1. The molecule has 5 aromatic rings. The largest absolute Gasteiger partial charge is 0.508 e. The van der Waals surface area contributed by atoms with E-state index >= 15 is 0 Å². The molecular formula is C23H17BrN2O3. The number of aromatic hydroxyl groups is 1. The number of carboxylic acids is 1. The minimum absolute atomic E-state index is 0.185. The number of fused-ring (bicyclic) bond motifs is 5. The zero-order chi connectivity index (χ0) is 20.5. The number of phenolic OH excluding ortho intramolecular Hbond substituents is 1. The minimum Gasteiger partial charge on any atom is -0.508 e. The molecule has 0 aliphatic rings. The zero-order valence-electron chi connectivity index (χ0n) is 15.2. The molecule has 1 aromatic heterocycles. The number of nitrogens with one attached hydrogen (secondary N) is 1. The monoisotopic (exact) mass is 448 g/mol. The van der Waals surface area contributed by atoms with E-state index in [1.165, 1.54) is 16.8 Å². The number of rotatable bonds is 1. The molecule has 0 unspecified atom stereocenters. The Morgan fingerprint density at radius 2 is 1.66 bits per heavy atom. The van der Waals surface area contributed by atoms with Crippen LogP contribution in [-0.2, 0) is 0 Å². The number of hydrogen-bond acceptors (Lipinski definition) is 3. The fourth-order valence-electron chi connectivity index (χ4n) is 3.34. The van der Waals surface area contributed by atoms with Crippen molar-refractivity contribution in [3.05, 3.63) is 82.8 Å². The first kappa shape index (κ1) is 18.8. The molecule has 0 fully saturated rings. The molecule has 0 atom stereocenters. The lowest BCUT2D eigenvalue weighted by Crippen LogP contribution is -1.98. The summed E-state index contributed by atoms with van der Waals surface area (Å²) in [7, 11) is 0. The predicted octanol–water partition coefficient (Wildman–Crippen LogP) is 5.91. The van der Waals surface area contributed by atoms with Crippen LogP contribution in [0.25, 0.3) is 32.6 Å². The van der Waals surface area contributed by atoms with Crippen molar-refractivity contribution < 1.29 is 15.0 Å². The van der Waals surface area contributed by atoms with E-state index < -0.39 is 5.97 Å². The first-order chi connectivity index (χ1) is 13.9. The number of phenols is 1. The Morgan fingerprint density at radius 3 is 2.41 bits per heavy atom. The van der Waals surface area contributed by atoms with Gasteiger partial charge in [0.2, 0.25) is 0 Å². The van der Waals surface area contributed by atoms with E-state index in [9.17, 15) is 9.90 Å². The van der Waals surface area contributed by atoms with Gasteiger partial charge in [0.1, 0.15) is 5.75 Å². The highest BCUT2D eigenvalue weighted by Crippen LogP contribution is 2.32. The van der Waals surface area contributed by atoms with Crippen LogP contribution in [0.4, 0.5) is 5.69 Å². The van der Waals surface area contributed by atoms with Crippen LogP contribution in [0.1, 0.15) is 10.4 Å². The number of anilines is 1. The first-order valence-corrected chi connectivity index (χ1v) is 9.64. The molecular weight excluding hydrogens is 432 g/mol. The number of carboxylic acid groups (broad SMARTS) is 1. The Hall–Kier alpha value is -3.51. The van der Waals surface area contributed by atoms with Gasteiger partial charge < -0.3 is 20.9 Å². The third kappa shape index (κ3) is 3.62. The molecule has 6 heteroatoms. The summed E-state index contributed by atoms with van der Waals surface area (Å²) in [6, 6.07) is 22.6. The summed E-state index contributed by atoms with van der Waals surface area (Å²) < 4.78 is 0.541. The maximum atomic E-state index is 10.5. The van der Waals surface area contributed by atoms with Crippen LogP contribution in [0.3, 0.4) is 0 Å². The molecule has 4 aromatic carbocycles. The number of benzene rings is 4. The molecule has 0 aliphatic carbocycles. The maximum Gasteiger partial charge on any atom is 0.336 e. The summed E-state index contributed by atoms with van der Waals surface area (Å²) in [5.74, 6) is -0.683. The van der Waals surface area contributed by atoms with Gasteiger partial charge in [-0.15, -0.1) is 0 Å². The SMILES string of the molecule is Nc1ccc(Br)c(C(=O)O)c1.Oc1ccc2ccc3c4ccccc4[nH]c3c2c1. The number of nitrogen functional groups attached to an aromatic ring is 1. The highest BCUT2D eigenvalue weighted by atomic mass is 79.9. The van der Waals surface area contributed by atoms with Crippen molar-refractivity contribution in [2.75, 3.05) is 5.73 Å². The van der Waals surface area contributed by atoms with Crippen LogP contribution in [0, 0.1) is 0 Å².